The second-order valence-electron chi connectivity index (χ2n) is 5.00. The Morgan fingerprint density at radius 2 is 1.94 bits per heavy atom. The van der Waals surface area contributed by atoms with Crippen LogP contribution in [0.15, 0.2) is 15.2 Å². The molecule has 1 heterocycles. The van der Waals surface area contributed by atoms with E-state index < -0.39 is 0 Å². The van der Waals surface area contributed by atoms with Crippen LogP contribution in [0.3, 0.4) is 0 Å². The Balaban J connectivity index is 2.52. The maximum absolute atomic E-state index is 11.9. The van der Waals surface area contributed by atoms with Crippen LogP contribution < -0.4 is 5.32 Å². The van der Waals surface area contributed by atoms with Crippen LogP contribution in [-0.2, 0) is 0 Å². The molecular formula is C13H20BrNOS. The Morgan fingerprint density at radius 1 is 1.35 bits per heavy atom. The molecule has 0 bridgehead atoms. The van der Waals surface area contributed by atoms with E-state index in [0.29, 0.717) is 17.8 Å². The summed E-state index contributed by atoms with van der Waals surface area (Å²) in [5.41, 5.74) is 0.744. The predicted octanol–water partition coefficient (Wildman–Crippen LogP) is 4.17. The van der Waals surface area contributed by atoms with Crippen LogP contribution in [0.4, 0.5) is 0 Å². The number of amides is 1. The molecule has 0 spiro atoms. The first-order valence-electron chi connectivity index (χ1n) is 5.94. The summed E-state index contributed by atoms with van der Waals surface area (Å²) >= 11 is 4.90. The van der Waals surface area contributed by atoms with Crippen molar-refractivity contribution in [1.29, 1.82) is 0 Å². The zero-order chi connectivity index (χ0) is 13.0. The summed E-state index contributed by atoms with van der Waals surface area (Å²) in [5.74, 6) is 1.73. The van der Waals surface area contributed by atoms with E-state index in [1.165, 1.54) is 11.3 Å². The number of halogens is 1. The Morgan fingerprint density at radius 3 is 2.35 bits per heavy atom. The van der Waals surface area contributed by atoms with E-state index in [1.54, 1.807) is 0 Å². The van der Waals surface area contributed by atoms with Crippen LogP contribution in [0, 0.1) is 17.8 Å². The molecule has 0 atom stereocenters. The number of carbonyl (C=O) groups excluding carboxylic acids is 1. The minimum absolute atomic E-state index is 0.0262. The van der Waals surface area contributed by atoms with Crippen molar-refractivity contribution in [2.24, 2.45) is 17.8 Å². The molecule has 1 aromatic rings. The van der Waals surface area contributed by atoms with Crippen LogP contribution in [0.2, 0.25) is 0 Å². The molecule has 4 heteroatoms. The van der Waals surface area contributed by atoms with Gasteiger partial charge in [0.25, 0.3) is 5.91 Å². The lowest BCUT2D eigenvalue weighted by atomic mass is 9.85. The number of nitrogens with one attached hydrogen (secondary N) is 1. The largest absolute Gasteiger partial charge is 0.352 e. The highest BCUT2D eigenvalue weighted by atomic mass is 79.9. The van der Waals surface area contributed by atoms with Gasteiger partial charge in [-0.3, -0.25) is 4.79 Å². The molecule has 0 aliphatic rings. The topological polar surface area (TPSA) is 29.1 Å². The number of rotatable bonds is 5. The van der Waals surface area contributed by atoms with Crippen LogP contribution in [0.5, 0.6) is 0 Å². The molecule has 0 unspecified atom stereocenters. The van der Waals surface area contributed by atoms with Gasteiger partial charge in [-0.15, -0.1) is 11.3 Å². The number of thiophene rings is 1. The summed E-state index contributed by atoms with van der Waals surface area (Å²) < 4.78 is 0.993. The lowest BCUT2D eigenvalue weighted by molar-refractivity contribution is 0.0937. The van der Waals surface area contributed by atoms with Gasteiger partial charge in [0.2, 0.25) is 0 Å². The van der Waals surface area contributed by atoms with Gasteiger partial charge >= 0.3 is 0 Å². The molecular weight excluding hydrogens is 298 g/mol. The second kappa shape index (κ2) is 6.55. The summed E-state index contributed by atoms with van der Waals surface area (Å²) in [5, 5.41) is 4.90. The average molecular weight is 318 g/mol. The molecule has 0 fully saturated rings. The van der Waals surface area contributed by atoms with Crippen LogP contribution in [0.25, 0.3) is 0 Å². The molecule has 0 aliphatic heterocycles. The third-order valence-electron chi connectivity index (χ3n) is 3.04. The lowest BCUT2D eigenvalue weighted by Crippen LogP contribution is -2.33. The number of hydrogen-bond acceptors (Lipinski definition) is 2. The van der Waals surface area contributed by atoms with Crippen molar-refractivity contribution in [3.63, 3.8) is 0 Å². The highest BCUT2D eigenvalue weighted by Gasteiger charge is 2.18. The van der Waals surface area contributed by atoms with Gasteiger partial charge in [0.1, 0.15) is 0 Å². The van der Waals surface area contributed by atoms with Gasteiger partial charge in [0, 0.05) is 11.9 Å². The quantitative estimate of drug-likeness (QED) is 0.867. The standard InChI is InChI=1S/C13H20BrNOS/c1-8(2)11(9(3)4)6-15-13(16)10-5-12(14)17-7-10/h5,7-9,11H,6H2,1-4H3,(H,15,16). The van der Waals surface area contributed by atoms with E-state index in [-0.39, 0.29) is 5.91 Å². The summed E-state index contributed by atoms with van der Waals surface area (Å²) in [7, 11) is 0. The third kappa shape index (κ3) is 4.43. The normalized spacial score (nSPS) is 11.5. The van der Waals surface area contributed by atoms with Gasteiger partial charge < -0.3 is 5.32 Å². The first-order chi connectivity index (χ1) is 7.91. The monoisotopic (exact) mass is 317 g/mol. The van der Waals surface area contributed by atoms with Crippen molar-refractivity contribution >= 4 is 33.2 Å². The zero-order valence-electron chi connectivity index (χ0n) is 10.8. The first-order valence-corrected chi connectivity index (χ1v) is 7.61. The molecule has 0 saturated heterocycles. The highest BCUT2D eigenvalue weighted by molar-refractivity contribution is 9.11. The first kappa shape index (κ1) is 14.7. The van der Waals surface area contributed by atoms with Crippen molar-refractivity contribution in [3.05, 3.63) is 20.8 Å². The molecule has 0 aliphatic carbocycles. The second-order valence-corrected chi connectivity index (χ2v) is 7.29. The Hall–Kier alpha value is -0.350. The fourth-order valence-corrected chi connectivity index (χ4v) is 3.12. The molecule has 0 saturated carbocycles. The summed E-state index contributed by atoms with van der Waals surface area (Å²) in [6, 6.07) is 1.86. The zero-order valence-corrected chi connectivity index (χ0v) is 13.2. The van der Waals surface area contributed by atoms with Gasteiger partial charge in [-0.2, -0.15) is 0 Å². The molecule has 96 valence electrons. The van der Waals surface area contributed by atoms with Gasteiger partial charge in [-0.25, -0.2) is 0 Å². The smallest absolute Gasteiger partial charge is 0.252 e. The van der Waals surface area contributed by atoms with E-state index in [9.17, 15) is 4.79 Å². The summed E-state index contributed by atoms with van der Waals surface area (Å²) in [6.45, 7) is 9.58. The SMILES string of the molecule is CC(C)C(CNC(=O)c1csc(Br)c1)C(C)C. The highest BCUT2D eigenvalue weighted by Crippen LogP contribution is 2.22. The maximum Gasteiger partial charge on any atom is 0.252 e. The van der Waals surface area contributed by atoms with Crippen molar-refractivity contribution in [2.75, 3.05) is 6.54 Å². The van der Waals surface area contributed by atoms with Gasteiger partial charge in [-0.1, -0.05) is 27.7 Å². The van der Waals surface area contributed by atoms with Crippen LogP contribution in [-0.4, -0.2) is 12.5 Å². The number of hydrogen-bond donors (Lipinski definition) is 1. The van der Waals surface area contributed by atoms with Crippen molar-refractivity contribution in [1.82, 2.24) is 5.32 Å². The lowest BCUT2D eigenvalue weighted by Gasteiger charge is -2.24. The fourth-order valence-electron chi connectivity index (χ4n) is 1.98. The maximum atomic E-state index is 11.9. The van der Waals surface area contributed by atoms with Gasteiger partial charge in [0.15, 0.2) is 0 Å². The van der Waals surface area contributed by atoms with Crippen LogP contribution >= 0.6 is 27.3 Å². The van der Waals surface area contributed by atoms with E-state index in [1.807, 2.05) is 11.4 Å². The third-order valence-corrected chi connectivity index (χ3v) is 4.55. The molecule has 1 N–H and O–H groups in total. The fraction of sp³-hybridized carbons (Fsp3) is 0.615. The van der Waals surface area contributed by atoms with E-state index in [4.69, 9.17) is 0 Å². The van der Waals surface area contributed by atoms with Gasteiger partial charge in [-0.05, 0) is 39.8 Å². The van der Waals surface area contributed by atoms with Crippen molar-refractivity contribution in [3.8, 4) is 0 Å². The predicted molar refractivity (Wildman–Crippen MR) is 77.5 cm³/mol. The van der Waals surface area contributed by atoms with Crippen LogP contribution in [0.1, 0.15) is 38.1 Å². The Labute approximate surface area is 116 Å². The molecule has 1 amide bonds. The average Bonchev–Trinajstić information content (AvgIpc) is 2.63. The molecule has 2 nitrogen and oxygen atoms in total. The minimum atomic E-state index is 0.0262. The van der Waals surface area contributed by atoms with Crippen molar-refractivity contribution < 1.29 is 4.79 Å². The Kier molecular flexibility index (Phi) is 5.67. The number of carbonyl (C=O) groups is 1. The van der Waals surface area contributed by atoms with E-state index >= 15 is 0 Å². The van der Waals surface area contributed by atoms with E-state index in [2.05, 4.69) is 48.9 Å². The summed E-state index contributed by atoms with van der Waals surface area (Å²) in [4.78, 5) is 11.9. The molecule has 17 heavy (non-hydrogen) atoms. The molecule has 1 aromatic heterocycles. The molecule has 0 aromatic carbocycles. The molecule has 1 rings (SSSR count). The molecule has 0 radical (unpaired) electrons. The Bertz CT molecular complexity index is 365. The van der Waals surface area contributed by atoms with Crippen molar-refractivity contribution in [2.45, 2.75) is 27.7 Å². The summed E-state index contributed by atoms with van der Waals surface area (Å²) in [6.07, 6.45) is 0. The van der Waals surface area contributed by atoms with E-state index in [0.717, 1.165) is 15.9 Å². The minimum Gasteiger partial charge on any atom is -0.352 e. The van der Waals surface area contributed by atoms with Gasteiger partial charge in [0.05, 0.1) is 9.35 Å².